The predicted molar refractivity (Wildman–Crippen MR) is 170 cm³/mol. The number of likely N-dealkylation sites (N-methyl/N-ethyl adjacent to an activating group) is 1. The smallest absolute Gasteiger partial charge is 0.204 e. The normalized spacial score (nSPS) is 16.9. The van der Waals surface area contributed by atoms with Crippen molar-refractivity contribution in [2.24, 2.45) is 4.99 Å². The number of rotatable bonds is 9. The fraction of sp³-hybridized carbons (Fsp3) is 0.387. The molecule has 0 aliphatic carbocycles. The first kappa shape index (κ1) is 34.6. The van der Waals surface area contributed by atoms with E-state index in [0.29, 0.717) is 48.9 Å². The first-order valence-corrected chi connectivity index (χ1v) is 16.8. The number of amidine groups is 1. The number of hydrogen-bond donors (Lipinski definition) is 1. The van der Waals surface area contributed by atoms with Gasteiger partial charge in [-0.25, -0.2) is 40.3 Å². The Labute approximate surface area is 273 Å². The van der Waals surface area contributed by atoms with Gasteiger partial charge < -0.3 is 19.9 Å². The zero-order chi connectivity index (χ0) is 34.4. The Morgan fingerprint density at radius 2 is 1.72 bits per heavy atom. The van der Waals surface area contributed by atoms with Crippen molar-refractivity contribution >= 4 is 39.1 Å². The average Bonchev–Trinajstić information content (AvgIpc) is 3.66. The van der Waals surface area contributed by atoms with Gasteiger partial charge in [-0.1, -0.05) is 0 Å². The van der Waals surface area contributed by atoms with Crippen molar-refractivity contribution in [2.45, 2.75) is 52.9 Å². The van der Waals surface area contributed by atoms with Crippen LogP contribution < -0.4 is 15.0 Å². The number of halogens is 5. The minimum Gasteiger partial charge on any atom is -0.490 e. The van der Waals surface area contributed by atoms with E-state index in [1.807, 2.05) is 32.0 Å². The van der Waals surface area contributed by atoms with Crippen molar-refractivity contribution in [3.05, 3.63) is 70.6 Å². The molecule has 0 spiro atoms. The van der Waals surface area contributed by atoms with Crippen molar-refractivity contribution in [1.29, 1.82) is 0 Å². The maximum absolute atomic E-state index is 15.6. The summed E-state index contributed by atoms with van der Waals surface area (Å²) >= 11 is 0.819. The Morgan fingerprint density at radius 1 is 1.04 bits per heavy atom. The Balaban J connectivity index is 1.51. The van der Waals surface area contributed by atoms with Gasteiger partial charge in [0.1, 0.15) is 16.4 Å². The Morgan fingerprint density at radius 3 is 2.28 bits per heavy atom. The second-order valence-corrected chi connectivity index (χ2v) is 15.4. The Hall–Kier alpha value is -3.76. The summed E-state index contributed by atoms with van der Waals surface area (Å²) in [5, 5.41) is 3.28. The molecule has 0 bridgehead atoms. The van der Waals surface area contributed by atoms with E-state index in [1.165, 1.54) is 7.11 Å². The molecule has 1 atom stereocenters. The molecule has 1 fully saturated rings. The maximum Gasteiger partial charge on any atom is 0.204 e. The third-order valence-electron chi connectivity index (χ3n) is 8.15. The highest BCUT2D eigenvalue weighted by atomic mass is 32.2. The molecule has 16 heteroatoms. The van der Waals surface area contributed by atoms with Crippen LogP contribution >= 0.6 is 11.8 Å². The summed E-state index contributed by atoms with van der Waals surface area (Å²) in [6.45, 7) is 5.55. The summed E-state index contributed by atoms with van der Waals surface area (Å²) in [4.78, 5) is 17.1. The summed E-state index contributed by atoms with van der Waals surface area (Å²) in [6, 6.07) is 3.12. The molecule has 3 aromatic rings. The van der Waals surface area contributed by atoms with E-state index < -0.39 is 54.1 Å². The Bertz CT molecular complexity index is 1880. The molecule has 0 saturated carbocycles. The van der Waals surface area contributed by atoms with Crippen LogP contribution in [0.2, 0.25) is 0 Å². The van der Waals surface area contributed by atoms with Crippen molar-refractivity contribution in [2.75, 3.05) is 51.1 Å². The molecule has 2 aliphatic heterocycles. The van der Waals surface area contributed by atoms with E-state index in [-0.39, 0.29) is 22.2 Å². The topological polar surface area (TPSA) is 100 Å². The number of aliphatic imine (C=N–C) groups is 1. The highest BCUT2D eigenvalue weighted by Gasteiger charge is 2.44. The molecule has 47 heavy (non-hydrogen) atoms. The third kappa shape index (κ3) is 6.54. The predicted octanol–water partition coefficient (Wildman–Crippen LogP) is 5.95. The number of benzene rings is 2. The van der Waals surface area contributed by atoms with Gasteiger partial charge in [-0.2, -0.15) is 0 Å². The monoisotopic (exact) mass is 696 g/mol. The number of hydrogen-bond acceptors (Lipinski definition) is 10. The van der Waals surface area contributed by atoms with Gasteiger partial charge in [-0.15, -0.1) is 0 Å². The van der Waals surface area contributed by atoms with Crippen LogP contribution in [-0.4, -0.2) is 76.0 Å². The molecule has 1 saturated heterocycles. The summed E-state index contributed by atoms with van der Waals surface area (Å²) in [5.41, 5.74) is -0.291. The van der Waals surface area contributed by atoms with Gasteiger partial charge >= 0.3 is 0 Å². The molecule has 1 N–H and O–H groups in total. The van der Waals surface area contributed by atoms with E-state index in [2.05, 4.69) is 20.2 Å². The molecule has 0 amide bonds. The van der Waals surface area contributed by atoms with Crippen LogP contribution in [0.15, 0.2) is 55.9 Å². The largest absolute Gasteiger partial charge is 0.490 e. The molecule has 252 valence electrons. The fourth-order valence-electron chi connectivity index (χ4n) is 5.40. The van der Waals surface area contributed by atoms with E-state index in [9.17, 15) is 26.0 Å². The minimum atomic E-state index is -4.80. The molecule has 0 radical (unpaired) electrons. The molecule has 2 aliphatic rings. The second-order valence-electron chi connectivity index (χ2n) is 11.9. The number of sulfone groups is 1. The van der Waals surface area contributed by atoms with E-state index in [1.54, 1.807) is 0 Å². The van der Waals surface area contributed by atoms with Crippen LogP contribution in [0, 0.1) is 29.1 Å². The highest BCUT2D eigenvalue weighted by molar-refractivity contribution is 7.99. The first-order valence-electron chi connectivity index (χ1n) is 14.5. The van der Waals surface area contributed by atoms with Crippen LogP contribution in [0.4, 0.5) is 33.6 Å². The molecular weight excluding hydrogens is 664 g/mol. The molecule has 1 aromatic heterocycles. The molecular formula is C31H33F5N6O3S2. The molecule has 9 nitrogen and oxygen atoms in total. The third-order valence-corrected chi connectivity index (χ3v) is 11.5. The van der Waals surface area contributed by atoms with Crippen molar-refractivity contribution in [1.82, 2.24) is 14.9 Å². The minimum absolute atomic E-state index is 0.0145. The molecule has 2 aromatic carbocycles. The number of ether oxygens (including phenoxy) is 1. The average molecular weight is 697 g/mol. The second kappa shape index (κ2) is 13.0. The Kier molecular flexibility index (Phi) is 9.59. The number of aromatic nitrogens is 2. The summed E-state index contributed by atoms with van der Waals surface area (Å²) in [5.74, 6) is -6.53. The van der Waals surface area contributed by atoms with Crippen LogP contribution in [0.1, 0.15) is 32.8 Å². The standard InChI is InChI=1S/C31H33F5N6O3S2/c1-16-11-23(37-14-16)38-28-27(45-6)29(42-10-9-17(15-42)41(4)5)40-30(39-28)46-22-8-7-18(12-19(22)32)47(43,44)31(2,3)24-25(35)20(33)13-21(34)26(24)36/h7-8,11-13,17H,9-10,14-15H2,1-6H3,(H,37,38,39,40)/t17-/m1/s1. The van der Waals surface area contributed by atoms with Crippen LogP contribution in [-0.2, 0) is 14.6 Å². The SMILES string of the molecule is COc1c(NC2=NCC(C)=C2)nc(Sc2ccc(S(=O)(=O)C(C)(C)c3c(F)c(F)cc(F)c3F)cc2F)nc1N1CC[C@@H](N(C)C)C1. The summed E-state index contributed by atoms with van der Waals surface area (Å²) in [7, 11) is 0.677. The maximum atomic E-state index is 15.6. The van der Waals surface area contributed by atoms with Crippen molar-refractivity contribution < 1.29 is 35.1 Å². The zero-order valence-corrected chi connectivity index (χ0v) is 28.1. The van der Waals surface area contributed by atoms with Gasteiger partial charge in [0, 0.05) is 25.2 Å². The van der Waals surface area contributed by atoms with Gasteiger partial charge in [0.25, 0.3) is 0 Å². The van der Waals surface area contributed by atoms with Crippen LogP contribution in [0.5, 0.6) is 5.75 Å². The zero-order valence-electron chi connectivity index (χ0n) is 26.5. The lowest BCUT2D eigenvalue weighted by molar-refractivity contribution is 0.315. The van der Waals surface area contributed by atoms with E-state index in [0.717, 1.165) is 49.7 Å². The van der Waals surface area contributed by atoms with Gasteiger partial charge in [-0.05, 0) is 82.9 Å². The fourth-order valence-corrected chi connectivity index (χ4v) is 7.70. The van der Waals surface area contributed by atoms with Gasteiger partial charge in [-0.3, -0.25) is 4.99 Å². The van der Waals surface area contributed by atoms with Gasteiger partial charge in [0.15, 0.2) is 49.9 Å². The molecule has 3 heterocycles. The van der Waals surface area contributed by atoms with Crippen LogP contribution in [0.3, 0.4) is 0 Å². The van der Waals surface area contributed by atoms with E-state index >= 15 is 4.39 Å². The number of nitrogens with one attached hydrogen (secondary N) is 1. The highest BCUT2D eigenvalue weighted by Crippen LogP contribution is 2.42. The first-order chi connectivity index (χ1) is 22.0. The quantitative estimate of drug-likeness (QED) is 0.165. The lowest BCUT2D eigenvalue weighted by Gasteiger charge is -2.27. The lowest BCUT2D eigenvalue weighted by Crippen LogP contribution is -2.32. The van der Waals surface area contributed by atoms with Gasteiger partial charge in [0.05, 0.1) is 29.0 Å². The number of nitrogens with zero attached hydrogens (tertiary/aromatic N) is 5. The van der Waals surface area contributed by atoms with Crippen molar-refractivity contribution in [3.63, 3.8) is 0 Å². The van der Waals surface area contributed by atoms with Gasteiger partial charge in [0.2, 0.25) is 5.75 Å². The lowest BCUT2D eigenvalue weighted by atomic mass is 10.0. The summed E-state index contributed by atoms with van der Waals surface area (Å²) < 4.78 is 103. The molecule has 5 rings (SSSR count). The van der Waals surface area contributed by atoms with E-state index in [4.69, 9.17) is 9.72 Å². The molecule has 0 unspecified atom stereocenters. The van der Waals surface area contributed by atoms with Crippen molar-refractivity contribution in [3.8, 4) is 5.75 Å². The number of methoxy groups -OCH3 is 1. The summed E-state index contributed by atoms with van der Waals surface area (Å²) in [6.07, 6.45) is 2.74. The number of anilines is 2. The van der Waals surface area contributed by atoms with Crippen LogP contribution in [0.25, 0.3) is 0 Å².